The van der Waals surface area contributed by atoms with Crippen molar-refractivity contribution >= 4 is 22.1 Å². The fourth-order valence-electron chi connectivity index (χ4n) is 4.46. The van der Waals surface area contributed by atoms with Gasteiger partial charge in [-0.2, -0.15) is 0 Å². The molecule has 0 aromatic heterocycles. The average molecular weight is 334 g/mol. The molecule has 1 saturated heterocycles. The van der Waals surface area contributed by atoms with Crippen molar-refractivity contribution in [2.45, 2.75) is 63.3 Å². The lowest BCUT2D eigenvalue weighted by Crippen LogP contribution is -2.63. The van der Waals surface area contributed by atoms with Gasteiger partial charge in [-0.25, -0.2) is 0 Å². The maximum atomic E-state index is 12.9. The average Bonchev–Trinajstić information content (AvgIpc) is 2.63. The lowest BCUT2D eigenvalue weighted by atomic mass is 9.82. The zero-order valence-electron chi connectivity index (χ0n) is 15.2. The smallest absolute Gasteiger partial charge is 0.223 e. The molecule has 2 nitrogen and oxygen atoms in total. The lowest BCUT2D eigenvalue weighted by Gasteiger charge is -2.45. The molecule has 0 aliphatic carbocycles. The van der Waals surface area contributed by atoms with E-state index in [0.29, 0.717) is 17.6 Å². The van der Waals surface area contributed by atoms with Gasteiger partial charge in [-0.3, -0.25) is 4.79 Å². The molecule has 22 heavy (non-hydrogen) atoms. The van der Waals surface area contributed by atoms with Gasteiger partial charge in [-0.1, -0.05) is 76.5 Å². The molecule has 0 radical (unpaired) electrons. The van der Waals surface area contributed by atoms with Crippen LogP contribution in [0.1, 0.15) is 18.9 Å². The fourth-order valence-corrected chi connectivity index (χ4v) is 17.2. The third kappa shape index (κ3) is 3.38. The Hall–Kier alpha value is -0.876. The number of amides is 1. The first kappa shape index (κ1) is 17.5. The van der Waals surface area contributed by atoms with E-state index >= 15 is 0 Å². The van der Waals surface area contributed by atoms with E-state index in [4.69, 9.17) is 0 Å². The summed E-state index contributed by atoms with van der Waals surface area (Å²) in [4.78, 5) is 15.1. The predicted octanol–water partition coefficient (Wildman–Crippen LogP) is 4.30. The lowest BCUT2D eigenvalue weighted by molar-refractivity contribution is -0.127. The second-order valence-corrected chi connectivity index (χ2v) is 20.4. The molecule has 122 valence electrons. The molecule has 0 spiro atoms. The van der Waals surface area contributed by atoms with Gasteiger partial charge in [-0.05, 0) is 5.56 Å². The first-order valence-corrected chi connectivity index (χ1v) is 15.5. The van der Waals surface area contributed by atoms with E-state index in [9.17, 15) is 4.79 Å². The van der Waals surface area contributed by atoms with Gasteiger partial charge in [0.2, 0.25) is 5.91 Å². The zero-order valence-corrected chi connectivity index (χ0v) is 17.2. The normalized spacial score (nSPS) is 23.5. The molecule has 1 amide bonds. The van der Waals surface area contributed by atoms with Gasteiger partial charge in [-0.15, -0.1) is 0 Å². The van der Waals surface area contributed by atoms with Gasteiger partial charge >= 0.3 is 0 Å². The molecule has 2 rings (SSSR count). The van der Waals surface area contributed by atoms with E-state index in [1.54, 1.807) is 0 Å². The van der Waals surface area contributed by atoms with Crippen LogP contribution in [-0.4, -0.2) is 38.8 Å². The molecule has 1 heterocycles. The highest BCUT2D eigenvalue weighted by Gasteiger charge is 2.50. The molecular formula is C18H31NOSi2. The number of hydrogen-bond donors (Lipinski definition) is 0. The van der Waals surface area contributed by atoms with E-state index < -0.39 is 16.1 Å². The summed E-state index contributed by atoms with van der Waals surface area (Å²) in [5.74, 6) is 0.362. The highest BCUT2D eigenvalue weighted by molar-refractivity contribution is 6.96. The van der Waals surface area contributed by atoms with Gasteiger partial charge in [0.1, 0.15) is 0 Å². The van der Waals surface area contributed by atoms with Crippen molar-refractivity contribution in [2.24, 2.45) is 0 Å². The fraction of sp³-hybridized carbons (Fsp3) is 0.611. The van der Waals surface area contributed by atoms with E-state index in [-0.39, 0.29) is 5.41 Å². The van der Waals surface area contributed by atoms with Gasteiger partial charge < -0.3 is 4.90 Å². The van der Waals surface area contributed by atoms with Crippen molar-refractivity contribution in [1.29, 1.82) is 0 Å². The van der Waals surface area contributed by atoms with E-state index in [2.05, 4.69) is 75.4 Å². The van der Waals surface area contributed by atoms with Gasteiger partial charge in [0.25, 0.3) is 0 Å². The van der Waals surface area contributed by atoms with Crippen molar-refractivity contribution in [1.82, 2.24) is 4.90 Å². The molecule has 1 unspecified atom stereocenters. The van der Waals surface area contributed by atoms with Crippen LogP contribution in [-0.2, 0) is 10.2 Å². The Morgan fingerprint density at radius 2 is 1.50 bits per heavy atom. The maximum Gasteiger partial charge on any atom is 0.223 e. The first-order valence-electron chi connectivity index (χ1n) is 8.30. The third-order valence-corrected chi connectivity index (χ3v) is 13.9. The van der Waals surface area contributed by atoms with E-state index in [0.717, 1.165) is 6.54 Å². The van der Waals surface area contributed by atoms with Crippen LogP contribution in [0.4, 0.5) is 0 Å². The van der Waals surface area contributed by atoms with E-state index in [1.165, 1.54) is 5.56 Å². The number of rotatable bonds is 4. The molecule has 1 aromatic carbocycles. The van der Waals surface area contributed by atoms with Crippen molar-refractivity contribution in [2.75, 3.05) is 6.54 Å². The monoisotopic (exact) mass is 333 g/mol. The van der Waals surface area contributed by atoms with Crippen LogP contribution in [0.25, 0.3) is 0 Å². The van der Waals surface area contributed by atoms with Crippen LogP contribution in [0.15, 0.2) is 30.3 Å². The first-order chi connectivity index (χ1) is 9.95. The van der Waals surface area contributed by atoms with Crippen LogP contribution in [0.2, 0.25) is 39.3 Å². The van der Waals surface area contributed by atoms with Gasteiger partial charge in [0.15, 0.2) is 0 Å². The molecule has 1 aliphatic heterocycles. The summed E-state index contributed by atoms with van der Waals surface area (Å²) >= 11 is 0. The van der Waals surface area contributed by atoms with Crippen molar-refractivity contribution < 1.29 is 4.79 Å². The molecule has 1 fully saturated rings. The summed E-state index contributed by atoms with van der Waals surface area (Å²) in [6.45, 7) is 17.6. The SMILES string of the molecule is CC1(c2ccccc2)CC(=O)N(C([Si](C)(C)C)[Si](C)(C)C)C1. The molecular weight excluding hydrogens is 302 g/mol. The summed E-state index contributed by atoms with van der Waals surface area (Å²) in [7, 11) is -2.85. The van der Waals surface area contributed by atoms with Gasteiger partial charge in [0.05, 0.1) is 16.1 Å². The topological polar surface area (TPSA) is 20.3 Å². The van der Waals surface area contributed by atoms with Crippen LogP contribution in [0.5, 0.6) is 0 Å². The molecule has 1 aliphatic rings. The molecule has 0 N–H and O–H groups in total. The molecule has 1 atom stereocenters. The van der Waals surface area contributed by atoms with Crippen molar-refractivity contribution in [3.63, 3.8) is 0 Å². The summed E-state index contributed by atoms with van der Waals surface area (Å²) in [5.41, 5.74) is 1.27. The minimum atomic E-state index is -1.43. The molecule has 4 heteroatoms. The molecule has 1 aromatic rings. The number of nitrogens with zero attached hydrogens (tertiary/aromatic N) is 1. The number of hydrogen-bond acceptors (Lipinski definition) is 1. The largest absolute Gasteiger partial charge is 0.345 e. The highest BCUT2D eigenvalue weighted by atomic mass is 28.4. The number of carbonyl (C=O) groups is 1. The van der Waals surface area contributed by atoms with Crippen molar-refractivity contribution in [3.05, 3.63) is 35.9 Å². The second-order valence-electron chi connectivity index (χ2n) is 9.26. The third-order valence-electron chi connectivity index (χ3n) is 4.80. The van der Waals surface area contributed by atoms with Crippen LogP contribution in [0.3, 0.4) is 0 Å². The predicted molar refractivity (Wildman–Crippen MR) is 101 cm³/mol. The minimum absolute atomic E-state index is 0.0319. The Balaban J connectivity index is 2.36. The van der Waals surface area contributed by atoms with Crippen LogP contribution >= 0.6 is 0 Å². The Kier molecular flexibility index (Phi) is 4.48. The summed E-state index contributed by atoms with van der Waals surface area (Å²) in [6, 6.07) is 10.6. The quantitative estimate of drug-likeness (QED) is 0.752. The standard InChI is InChI=1S/C18H31NOSi2/c1-18(15-11-9-8-10-12-15)13-16(20)19(14-18)17(21(2,3)4)22(5,6)7/h8-12,17H,13-14H2,1-7H3. The van der Waals surface area contributed by atoms with Crippen molar-refractivity contribution in [3.8, 4) is 0 Å². The van der Waals surface area contributed by atoms with Crippen LogP contribution in [0, 0.1) is 0 Å². The minimum Gasteiger partial charge on any atom is -0.345 e. The highest BCUT2D eigenvalue weighted by Crippen LogP contribution is 2.39. The number of likely N-dealkylation sites (tertiary alicyclic amines) is 1. The Morgan fingerprint density at radius 3 is 1.95 bits per heavy atom. The number of benzene rings is 1. The Bertz CT molecular complexity index is 530. The molecule has 0 bridgehead atoms. The summed E-state index contributed by atoms with van der Waals surface area (Å²) in [6.07, 6.45) is 0.655. The Labute approximate surface area is 137 Å². The zero-order chi connectivity index (χ0) is 16.8. The number of carbonyl (C=O) groups excluding carboxylic acids is 1. The Morgan fingerprint density at radius 1 is 1.00 bits per heavy atom. The van der Waals surface area contributed by atoms with Crippen LogP contribution < -0.4 is 0 Å². The molecule has 0 saturated carbocycles. The van der Waals surface area contributed by atoms with Gasteiger partial charge in [0, 0.05) is 23.7 Å². The van der Waals surface area contributed by atoms with E-state index in [1.807, 2.05) is 6.07 Å². The summed E-state index contributed by atoms with van der Waals surface area (Å²) < 4.78 is 0. The maximum absolute atomic E-state index is 12.9. The summed E-state index contributed by atoms with van der Waals surface area (Å²) in [5, 5.41) is 0.512. The second kappa shape index (κ2) is 5.64.